The van der Waals surface area contributed by atoms with Crippen LogP contribution in [0.2, 0.25) is 0 Å². The number of hydrogen-bond donors (Lipinski definition) is 1. The van der Waals surface area contributed by atoms with Crippen LogP contribution in [-0.2, 0) is 19.1 Å². The molecule has 0 aromatic heterocycles. The van der Waals surface area contributed by atoms with Crippen molar-refractivity contribution in [1.82, 2.24) is 0 Å². The summed E-state index contributed by atoms with van der Waals surface area (Å²) in [7, 11) is 0. The molecule has 3 rings (SSSR count). The summed E-state index contributed by atoms with van der Waals surface area (Å²) >= 11 is 0. The average Bonchev–Trinajstić information content (AvgIpc) is 2.96. The predicted octanol–water partition coefficient (Wildman–Crippen LogP) is 4.64. The maximum atomic E-state index is 12.5. The number of carbonyl (C=O) groups is 2. The summed E-state index contributed by atoms with van der Waals surface area (Å²) in [6.07, 6.45) is -0.823. The molecule has 0 amide bonds. The Morgan fingerprint density at radius 3 is 2.00 bits per heavy atom. The zero-order chi connectivity index (χ0) is 21.2. The highest BCUT2D eigenvalue weighted by atomic mass is 16.5. The molecular weight excluding hydrogens is 368 g/mol. The van der Waals surface area contributed by atoms with E-state index < -0.39 is 29.6 Å². The molecule has 1 aliphatic carbocycles. The van der Waals surface area contributed by atoms with Crippen molar-refractivity contribution in [2.45, 2.75) is 51.7 Å². The van der Waals surface area contributed by atoms with Gasteiger partial charge in [-0.2, -0.15) is 0 Å². The smallest absolute Gasteiger partial charge is 0.309 e. The number of aliphatic carboxylic acids is 1. The van der Waals surface area contributed by atoms with E-state index in [1.54, 1.807) is 6.92 Å². The lowest BCUT2D eigenvalue weighted by atomic mass is 9.97. The summed E-state index contributed by atoms with van der Waals surface area (Å²) < 4.78 is 11.3. The van der Waals surface area contributed by atoms with Crippen LogP contribution in [-0.4, -0.2) is 35.4 Å². The van der Waals surface area contributed by atoms with Crippen LogP contribution in [0.3, 0.4) is 0 Å². The SMILES string of the molecule is CC(OC(C)(C)C)[C@H](CC(=O)OCC1c2ccccc2-c2ccccc21)C(=O)O. The van der Waals surface area contributed by atoms with Gasteiger partial charge < -0.3 is 14.6 Å². The van der Waals surface area contributed by atoms with Gasteiger partial charge >= 0.3 is 11.9 Å². The number of carboxylic acid groups (broad SMARTS) is 1. The van der Waals surface area contributed by atoms with E-state index in [4.69, 9.17) is 9.47 Å². The van der Waals surface area contributed by atoms with Gasteiger partial charge in [0.05, 0.1) is 24.0 Å². The third-order valence-electron chi connectivity index (χ3n) is 5.18. The summed E-state index contributed by atoms with van der Waals surface area (Å²) in [6.45, 7) is 7.44. The van der Waals surface area contributed by atoms with Crippen molar-refractivity contribution in [2.24, 2.45) is 5.92 Å². The van der Waals surface area contributed by atoms with Gasteiger partial charge in [-0.3, -0.25) is 9.59 Å². The van der Waals surface area contributed by atoms with Crippen molar-refractivity contribution in [1.29, 1.82) is 0 Å². The third kappa shape index (κ3) is 4.85. The molecule has 0 saturated heterocycles. The number of esters is 1. The predicted molar refractivity (Wildman–Crippen MR) is 111 cm³/mol. The topological polar surface area (TPSA) is 72.8 Å². The number of fused-ring (bicyclic) bond motifs is 3. The Labute approximate surface area is 171 Å². The highest BCUT2D eigenvalue weighted by molar-refractivity contribution is 5.80. The van der Waals surface area contributed by atoms with Gasteiger partial charge in [-0.15, -0.1) is 0 Å². The van der Waals surface area contributed by atoms with Crippen LogP contribution in [0.5, 0.6) is 0 Å². The van der Waals surface area contributed by atoms with Crippen LogP contribution in [0.15, 0.2) is 48.5 Å². The third-order valence-corrected chi connectivity index (χ3v) is 5.18. The molecule has 5 heteroatoms. The van der Waals surface area contributed by atoms with Gasteiger partial charge in [0, 0.05) is 5.92 Å². The first kappa shape index (κ1) is 21.1. The van der Waals surface area contributed by atoms with E-state index in [2.05, 4.69) is 12.1 Å². The van der Waals surface area contributed by atoms with Crippen LogP contribution in [0.25, 0.3) is 11.1 Å². The summed E-state index contributed by atoms with van der Waals surface area (Å²) in [5.41, 5.74) is 4.06. The zero-order valence-corrected chi connectivity index (χ0v) is 17.3. The van der Waals surface area contributed by atoms with Gasteiger partial charge in [0.1, 0.15) is 6.61 Å². The molecule has 29 heavy (non-hydrogen) atoms. The van der Waals surface area contributed by atoms with E-state index in [1.807, 2.05) is 57.2 Å². The van der Waals surface area contributed by atoms with E-state index in [9.17, 15) is 14.7 Å². The Bertz CT molecular complexity index is 851. The van der Waals surface area contributed by atoms with Gasteiger partial charge in [-0.05, 0) is 49.9 Å². The van der Waals surface area contributed by atoms with Crippen LogP contribution in [0.1, 0.15) is 51.2 Å². The van der Waals surface area contributed by atoms with Gasteiger partial charge in [0.15, 0.2) is 0 Å². The van der Waals surface area contributed by atoms with E-state index in [0.29, 0.717) is 0 Å². The molecule has 0 bridgehead atoms. The fraction of sp³-hybridized carbons (Fsp3) is 0.417. The zero-order valence-electron chi connectivity index (χ0n) is 17.3. The van der Waals surface area contributed by atoms with Crippen molar-refractivity contribution in [3.05, 3.63) is 59.7 Å². The molecule has 5 nitrogen and oxygen atoms in total. The molecule has 0 fully saturated rings. The van der Waals surface area contributed by atoms with E-state index in [-0.39, 0.29) is 18.9 Å². The highest BCUT2D eigenvalue weighted by Gasteiger charge is 2.33. The Balaban J connectivity index is 1.68. The molecule has 1 aliphatic rings. The molecule has 0 heterocycles. The Morgan fingerprint density at radius 1 is 1.00 bits per heavy atom. The lowest BCUT2D eigenvalue weighted by molar-refractivity contribution is -0.161. The van der Waals surface area contributed by atoms with E-state index in [1.165, 1.54) is 0 Å². The first-order chi connectivity index (χ1) is 13.7. The maximum Gasteiger partial charge on any atom is 0.309 e. The minimum atomic E-state index is -1.06. The molecule has 2 aromatic rings. The summed E-state index contributed by atoms with van der Waals surface area (Å²) in [4.78, 5) is 24.1. The first-order valence-corrected chi connectivity index (χ1v) is 9.92. The molecule has 154 valence electrons. The number of carboxylic acids is 1. The molecule has 0 saturated carbocycles. The lowest BCUT2D eigenvalue weighted by Crippen LogP contribution is -2.36. The summed E-state index contributed by atoms with van der Waals surface area (Å²) in [6, 6.07) is 16.2. The highest BCUT2D eigenvalue weighted by Crippen LogP contribution is 2.44. The van der Waals surface area contributed by atoms with Gasteiger partial charge in [0.2, 0.25) is 0 Å². The molecule has 1 unspecified atom stereocenters. The molecular formula is C24H28O5. The van der Waals surface area contributed by atoms with E-state index in [0.717, 1.165) is 22.3 Å². The number of hydrogen-bond acceptors (Lipinski definition) is 4. The number of carbonyl (C=O) groups excluding carboxylic acids is 1. The fourth-order valence-electron chi connectivity index (χ4n) is 3.95. The van der Waals surface area contributed by atoms with Crippen LogP contribution in [0, 0.1) is 5.92 Å². The van der Waals surface area contributed by atoms with Gasteiger partial charge in [-0.25, -0.2) is 0 Å². The summed E-state index contributed by atoms with van der Waals surface area (Å²) in [5.74, 6) is -2.58. The van der Waals surface area contributed by atoms with Crippen molar-refractivity contribution in [3.63, 3.8) is 0 Å². The number of rotatable bonds is 7. The van der Waals surface area contributed by atoms with Crippen LogP contribution < -0.4 is 0 Å². The maximum absolute atomic E-state index is 12.5. The lowest BCUT2D eigenvalue weighted by Gasteiger charge is -2.28. The molecule has 2 aromatic carbocycles. The molecule has 0 aliphatic heterocycles. The van der Waals surface area contributed by atoms with Gasteiger partial charge in [-0.1, -0.05) is 48.5 Å². The van der Waals surface area contributed by atoms with Crippen molar-refractivity contribution in [3.8, 4) is 11.1 Å². The fourth-order valence-corrected chi connectivity index (χ4v) is 3.95. The second kappa shape index (κ2) is 8.37. The molecule has 0 spiro atoms. The second-order valence-electron chi connectivity index (χ2n) is 8.49. The molecule has 1 N–H and O–H groups in total. The standard InChI is InChI=1S/C24H28O5/c1-15(29-24(2,3)4)20(23(26)27)13-22(25)28-14-21-18-11-7-5-9-16(18)17-10-6-8-12-19(17)21/h5-12,15,20-21H,13-14H2,1-4H3,(H,26,27)/t15?,20-/m0/s1. The Morgan fingerprint density at radius 2 is 1.52 bits per heavy atom. The first-order valence-electron chi connectivity index (χ1n) is 9.92. The minimum Gasteiger partial charge on any atom is -0.481 e. The van der Waals surface area contributed by atoms with Crippen molar-refractivity contribution >= 4 is 11.9 Å². The van der Waals surface area contributed by atoms with E-state index >= 15 is 0 Å². The van der Waals surface area contributed by atoms with Crippen molar-refractivity contribution < 1.29 is 24.2 Å². The van der Waals surface area contributed by atoms with Gasteiger partial charge in [0.25, 0.3) is 0 Å². The monoisotopic (exact) mass is 396 g/mol. The number of ether oxygens (including phenoxy) is 2. The van der Waals surface area contributed by atoms with Crippen molar-refractivity contribution in [2.75, 3.05) is 6.61 Å². The summed E-state index contributed by atoms with van der Waals surface area (Å²) in [5, 5.41) is 9.54. The largest absolute Gasteiger partial charge is 0.481 e. The molecule has 0 radical (unpaired) electrons. The molecule has 2 atom stereocenters. The number of benzene rings is 2. The quantitative estimate of drug-likeness (QED) is 0.691. The Kier molecular flexibility index (Phi) is 6.08. The Hall–Kier alpha value is -2.66. The average molecular weight is 396 g/mol. The van der Waals surface area contributed by atoms with Crippen LogP contribution in [0.4, 0.5) is 0 Å². The normalized spacial score (nSPS) is 15.3. The second-order valence-corrected chi connectivity index (χ2v) is 8.49. The van der Waals surface area contributed by atoms with Crippen LogP contribution >= 0.6 is 0 Å². The minimum absolute atomic E-state index is 0.0436.